The molecule has 5 unspecified atom stereocenters. The van der Waals surface area contributed by atoms with E-state index in [1.54, 1.807) is 0 Å². The lowest BCUT2D eigenvalue weighted by atomic mass is 9.97. The highest BCUT2D eigenvalue weighted by Crippen LogP contribution is 2.27. The van der Waals surface area contributed by atoms with Crippen LogP contribution in [0.4, 0.5) is 0 Å². The first-order valence-corrected chi connectivity index (χ1v) is 7.15. The van der Waals surface area contributed by atoms with E-state index in [2.05, 4.69) is 0 Å². The minimum Gasteiger partial charge on any atom is -0.394 e. The number of hydrogen-bond donors (Lipinski definition) is 8. The van der Waals surface area contributed by atoms with E-state index in [1.165, 1.54) is 0 Å². The van der Waals surface area contributed by atoms with Crippen molar-refractivity contribution in [3.05, 3.63) is 0 Å². The van der Waals surface area contributed by atoms with Gasteiger partial charge in [-0.25, -0.2) is 0 Å². The topological polar surface area (TPSA) is 195 Å². The predicted molar refractivity (Wildman–Crippen MR) is 70.6 cm³/mol. The molecule has 0 aromatic heterocycles. The van der Waals surface area contributed by atoms with Crippen LogP contribution in [0.25, 0.3) is 0 Å². The molecule has 11 heteroatoms. The Balaban J connectivity index is 2.07. The fourth-order valence-corrected chi connectivity index (χ4v) is 2.54. The summed E-state index contributed by atoms with van der Waals surface area (Å²) in [6.07, 6.45) is -13.2. The molecule has 23 heavy (non-hydrogen) atoms. The van der Waals surface area contributed by atoms with Crippen LogP contribution in [0.1, 0.15) is 0 Å². The molecular weight excluding hydrogens is 318 g/mol. The summed E-state index contributed by atoms with van der Waals surface area (Å²) in [7, 11) is 0. The second kappa shape index (κ2) is 7.63. The molecule has 0 saturated carbocycles. The molecule has 0 amide bonds. The first-order valence-electron chi connectivity index (χ1n) is 7.15. The molecular formula is C12H23NO10. The zero-order valence-electron chi connectivity index (χ0n) is 12.1. The van der Waals surface area contributed by atoms with Crippen LogP contribution in [0.15, 0.2) is 0 Å². The lowest BCUT2D eigenvalue weighted by molar-refractivity contribution is -0.369. The van der Waals surface area contributed by atoms with Gasteiger partial charge in [0.15, 0.2) is 12.6 Å². The van der Waals surface area contributed by atoms with Crippen LogP contribution in [0.2, 0.25) is 0 Å². The normalized spacial score (nSPS) is 51.7. The molecule has 2 rings (SSSR count). The van der Waals surface area contributed by atoms with Gasteiger partial charge in [0.2, 0.25) is 0 Å². The van der Waals surface area contributed by atoms with E-state index in [-0.39, 0.29) is 0 Å². The van der Waals surface area contributed by atoms with Crippen LogP contribution in [0, 0.1) is 0 Å². The van der Waals surface area contributed by atoms with Crippen LogP contribution in [0.5, 0.6) is 0 Å². The zero-order chi connectivity index (χ0) is 17.3. The SMILES string of the molecule is N[C@@H]1C(CO)O[C@H](O[C@H]2OC(CO)[C@@H](O)C(O)C2O)[C@@H](O)C1O. The van der Waals surface area contributed by atoms with Gasteiger partial charge in [-0.15, -0.1) is 0 Å². The summed E-state index contributed by atoms with van der Waals surface area (Å²) in [5.41, 5.74) is 5.59. The molecule has 10 atom stereocenters. The largest absolute Gasteiger partial charge is 0.394 e. The lowest BCUT2D eigenvalue weighted by Crippen LogP contribution is -2.65. The van der Waals surface area contributed by atoms with Crippen molar-refractivity contribution in [2.45, 2.75) is 61.3 Å². The third-order valence-corrected chi connectivity index (χ3v) is 4.06. The molecule has 9 N–H and O–H groups in total. The summed E-state index contributed by atoms with van der Waals surface area (Å²) in [6, 6.07) is -1.05. The molecule has 2 heterocycles. The van der Waals surface area contributed by atoms with Gasteiger partial charge >= 0.3 is 0 Å². The van der Waals surface area contributed by atoms with Gasteiger partial charge in [0, 0.05) is 0 Å². The van der Waals surface area contributed by atoms with Crippen LogP contribution in [0.3, 0.4) is 0 Å². The van der Waals surface area contributed by atoms with Gasteiger partial charge in [0.25, 0.3) is 0 Å². The number of aliphatic hydroxyl groups is 7. The molecule has 0 spiro atoms. The Bertz CT molecular complexity index is 349. The van der Waals surface area contributed by atoms with E-state index in [1.807, 2.05) is 0 Å². The average Bonchev–Trinajstić information content (AvgIpc) is 2.55. The quantitative estimate of drug-likeness (QED) is 0.243. The highest BCUT2D eigenvalue weighted by molar-refractivity contribution is 4.93. The second-order valence-electron chi connectivity index (χ2n) is 5.62. The third kappa shape index (κ3) is 3.65. The Morgan fingerprint density at radius 2 is 1.17 bits per heavy atom. The van der Waals surface area contributed by atoms with Crippen molar-refractivity contribution >= 4 is 0 Å². The van der Waals surface area contributed by atoms with Crippen molar-refractivity contribution in [3.8, 4) is 0 Å². The van der Waals surface area contributed by atoms with E-state index in [0.29, 0.717) is 0 Å². The van der Waals surface area contributed by atoms with Crippen LogP contribution >= 0.6 is 0 Å². The van der Waals surface area contributed by atoms with Crippen molar-refractivity contribution in [1.29, 1.82) is 0 Å². The maximum atomic E-state index is 9.92. The Kier molecular flexibility index (Phi) is 6.27. The highest BCUT2D eigenvalue weighted by Gasteiger charge is 2.49. The van der Waals surface area contributed by atoms with Crippen LogP contribution in [-0.4, -0.2) is 110 Å². The summed E-state index contributed by atoms with van der Waals surface area (Å²) >= 11 is 0. The molecule has 2 aliphatic rings. The predicted octanol–water partition coefficient (Wildman–Crippen LogP) is -5.43. The average molecular weight is 341 g/mol. The maximum absolute atomic E-state index is 9.92. The summed E-state index contributed by atoms with van der Waals surface area (Å²) in [4.78, 5) is 0. The Labute approximate surface area is 131 Å². The summed E-state index contributed by atoms with van der Waals surface area (Å²) < 4.78 is 15.5. The fraction of sp³-hybridized carbons (Fsp3) is 1.00. The van der Waals surface area contributed by atoms with Gasteiger partial charge in [-0.1, -0.05) is 0 Å². The van der Waals surface area contributed by atoms with Gasteiger partial charge in [-0.2, -0.15) is 0 Å². The molecule has 136 valence electrons. The van der Waals surface area contributed by atoms with Crippen molar-refractivity contribution in [2.75, 3.05) is 13.2 Å². The number of rotatable bonds is 4. The van der Waals surface area contributed by atoms with Crippen LogP contribution < -0.4 is 5.73 Å². The van der Waals surface area contributed by atoms with E-state index in [9.17, 15) is 25.5 Å². The number of aliphatic hydroxyl groups excluding tert-OH is 7. The first-order chi connectivity index (χ1) is 10.8. The molecule has 11 nitrogen and oxygen atoms in total. The van der Waals surface area contributed by atoms with Crippen molar-refractivity contribution < 1.29 is 50.0 Å². The third-order valence-electron chi connectivity index (χ3n) is 4.06. The molecule has 2 fully saturated rings. The van der Waals surface area contributed by atoms with Gasteiger partial charge < -0.3 is 55.7 Å². The minimum absolute atomic E-state index is 0.542. The summed E-state index contributed by atoms with van der Waals surface area (Å²) in [5.74, 6) is 0. The van der Waals surface area contributed by atoms with Gasteiger partial charge in [-0.05, 0) is 0 Å². The first kappa shape index (κ1) is 18.9. The molecule has 0 aromatic rings. The van der Waals surface area contributed by atoms with E-state index < -0.39 is 74.6 Å². The van der Waals surface area contributed by atoms with E-state index in [0.717, 1.165) is 0 Å². The molecule has 0 aliphatic carbocycles. The Morgan fingerprint density at radius 3 is 1.70 bits per heavy atom. The number of nitrogens with two attached hydrogens (primary N) is 1. The maximum Gasteiger partial charge on any atom is 0.189 e. The van der Waals surface area contributed by atoms with Crippen molar-refractivity contribution in [2.24, 2.45) is 5.73 Å². The van der Waals surface area contributed by atoms with Gasteiger partial charge in [0.05, 0.1) is 19.3 Å². The molecule has 0 bridgehead atoms. The standard InChI is InChI=1S/C12H23NO10/c13-5-3(1-14)21-11(9(19)7(5)17)23-12-10(20)8(18)6(16)4(2-15)22-12/h3-12,14-20H,1-2,13H2/t3?,4?,5-,6-,7?,8?,9+,10?,11-,12-/m1/s1. The highest BCUT2D eigenvalue weighted by atomic mass is 16.8. The Morgan fingerprint density at radius 1 is 0.696 bits per heavy atom. The lowest BCUT2D eigenvalue weighted by Gasteiger charge is -2.44. The monoisotopic (exact) mass is 341 g/mol. The smallest absolute Gasteiger partial charge is 0.189 e. The fourth-order valence-electron chi connectivity index (χ4n) is 2.54. The molecule has 2 aliphatic heterocycles. The number of ether oxygens (including phenoxy) is 3. The molecule has 2 saturated heterocycles. The zero-order valence-corrected chi connectivity index (χ0v) is 12.1. The number of hydrogen-bond acceptors (Lipinski definition) is 11. The van der Waals surface area contributed by atoms with E-state index in [4.69, 9.17) is 30.2 Å². The minimum atomic E-state index is -1.69. The summed E-state index contributed by atoms with van der Waals surface area (Å²) in [6.45, 7) is -1.19. The Hall–Kier alpha value is -0.440. The molecule has 0 radical (unpaired) electrons. The van der Waals surface area contributed by atoms with E-state index >= 15 is 0 Å². The van der Waals surface area contributed by atoms with Crippen molar-refractivity contribution in [1.82, 2.24) is 0 Å². The molecule has 0 aromatic carbocycles. The van der Waals surface area contributed by atoms with Crippen LogP contribution in [-0.2, 0) is 14.2 Å². The second-order valence-corrected chi connectivity index (χ2v) is 5.62. The van der Waals surface area contributed by atoms with Crippen molar-refractivity contribution in [3.63, 3.8) is 0 Å². The van der Waals surface area contributed by atoms with Gasteiger partial charge in [-0.3, -0.25) is 0 Å². The van der Waals surface area contributed by atoms with Gasteiger partial charge in [0.1, 0.15) is 42.7 Å². The summed E-state index contributed by atoms with van der Waals surface area (Å²) in [5, 5.41) is 67.2.